The van der Waals surface area contributed by atoms with Crippen LogP contribution in [0.1, 0.15) is 37.1 Å². The van der Waals surface area contributed by atoms with Crippen molar-refractivity contribution in [3.05, 3.63) is 41.7 Å². The van der Waals surface area contributed by atoms with E-state index in [2.05, 4.69) is 21.3 Å². The molecule has 1 aliphatic carbocycles. The van der Waals surface area contributed by atoms with Crippen LogP contribution in [0, 0.1) is 13.8 Å². The van der Waals surface area contributed by atoms with Crippen molar-refractivity contribution in [2.75, 3.05) is 5.75 Å². The van der Waals surface area contributed by atoms with Crippen LogP contribution in [-0.4, -0.2) is 32.6 Å². The van der Waals surface area contributed by atoms with E-state index in [1.54, 1.807) is 0 Å². The Labute approximate surface area is 169 Å². The highest BCUT2D eigenvalue weighted by Crippen LogP contribution is 2.27. The van der Waals surface area contributed by atoms with Gasteiger partial charge in [0, 0.05) is 6.04 Å². The minimum Gasteiger partial charge on any atom is -0.359 e. The number of rotatable bonds is 5. The monoisotopic (exact) mass is 403 g/mol. The normalized spacial score (nSPS) is 14.1. The predicted octanol–water partition coefficient (Wildman–Crippen LogP) is 3.02. The number of carbonyl (C=O) groups is 1. The van der Waals surface area contributed by atoms with E-state index in [1.165, 1.54) is 24.6 Å². The molecule has 1 saturated carbocycles. The Bertz CT molecular complexity index is 800. The zero-order valence-electron chi connectivity index (χ0n) is 15.6. The zero-order valence-corrected chi connectivity index (χ0v) is 17.3. The Morgan fingerprint density at radius 1 is 1.22 bits per heavy atom. The second kappa shape index (κ2) is 9.23. The van der Waals surface area contributed by atoms with Crippen LogP contribution in [0.4, 0.5) is 0 Å². The predicted molar refractivity (Wildman–Crippen MR) is 113 cm³/mol. The molecule has 0 aliphatic heterocycles. The maximum Gasteiger partial charge on any atom is 0.248 e. The third kappa shape index (κ3) is 5.23. The molecule has 1 aliphatic rings. The van der Waals surface area contributed by atoms with Crippen LogP contribution in [0.3, 0.4) is 0 Å². The van der Waals surface area contributed by atoms with Crippen LogP contribution in [0.25, 0.3) is 5.69 Å². The van der Waals surface area contributed by atoms with Gasteiger partial charge in [0.15, 0.2) is 5.11 Å². The minimum atomic E-state index is -0.123. The van der Waals surface area contributed by atoms with Gasteiger partial charge in [0.05, 0.1) is 27.7 Å². The SMILES string of the molecule is Cc1nn(-c2ccccc2)c(C)c1SCC(=O)NNC(=S)NC1CCCC1. The molecule has 0 saturated heterocycles. The number of para-hydroxylation sites is 1. The van der Waals surface area contributed by atoms with Crippen LogP contribution in [0.15, 0.2) is 35.2 Å². The number of aryl methyl sites for hydroxylation is 1. The Hall–Kier alpha value is -2.06. The first-order chi connectivity index (χ1) is 13.0. The minimum absolute atomic E-state index is 0.123. The van der Waals surface area contributed by atoms with E-state index in [0.717, 1.165) is 34.8 Å². The van der Waals surface area contributed by atoms with E-state index >= 15 is 0 Å². The van der Waals surface area contributed by atoms with E-state index in [0.29, 0.717) is 16.9 Å². The topological polar surface area (TPSA) is 71.0 Å². The molecule has 3 rings (SSSR count). The number of thioether (sulfide) groups is 1. The fourth-order valence-electron chi connectivity index (χ4n) is 3.25. The summed E-state index contributed by atoms with van der Waals surface area (Å²) in [6, 6.07) is 10.4. The van der Waals surface area contributed by atoms with Gasteiger partial charge in [0.1, 0.15) is 0 Å². The molecule has 3 N–H and O–H groups in total. The molecule has 144 valence electrons. The highest BCUT2D eigenvalue weighted by Gasteiger charge is 2.17. The molecule has 0 radical (unpaired) electrons. The van der Waals surface area contributed by atoms with Crippen LogP contribution < -0.4 is 16.2 Å². The number of aromatic nitrogens is 2. The van der Waals surface area contributed by atoms with Crippen LogP contribution in [0.5, 0.6) is 0 Å². The van der Waals surface area contributed by atoms with Gasteiger partial charge >= 0.3 is 0 Å². The number of hydrazine groups is 1. The quantitative estimate of drug-likeness (QED) is 0.405. The molecule has 0 unspecified atom stereocenters. The van der Waals surface area contributed by atoms with E-state index in [4.69, 9.17) is 12.2 Å². The summed E-state index contributed by atoms with van der Waals surface area (Å²) in [4.78, 5) is 13.2. The Kier molecular flexibility index (Phi) is 6.73. The largest absolute Gasteiger partial charge is 0.359 e. The highest BCUT2D eigenvalue weighted by molar-refractivity contribution is 8.00. The summed E-state index contributed by atoms with van der Waals surface area (Å²) in [7, 11) is 0. The fraction of sp³-hybridized carbons (Fsp3) is 0.421. The standard InChI is InChI=1S/C19H25N5OS2/c1-13-18(14(2)24(23-13)16-10-4-3-5-11-16)27-12-17(25)21-22-19(26)20-15-8-6-7-9-15/h3-5,10-11,15H,6-9,12H2,1-2H3,(H,21,25)(H2,20,22,26). The molecular weight excluding hydrogens is 378 g/mol. The van der Waals surface area contributed by atoms with Crippen LogP contribution >= 0.6 is 24.0 Å². The lowest BCUT2D eigenvalue weighted by molar-refractivity contribution is -0.119. The first-order valence-electron chi connectivity index (χ1n) is 9.14. The summed E-state index contributed by atoms with van der Waals surface area (Å²) >= 11 is 6.71. The molecule has 1 aromatic carbocycles. The number of amides is 1. The number of thiocarbonyl (C=S) groups is 1. The van der Waals surface area contributed by atoms with Gasteiger partial charge in [-0.1, -0.05) is 31.0 Å². The molecule has 6 nitrogen and oxygen atoms in total. The molecule has 1 fully saturated rings. The number of carbonyl (C=O) groups excluding carboxylic acids is 1. The van der Waals surface area contributed by atoms with Crippen molar-refractivity contribution < 1.29 is 4.79 Å². The van der Waals surface area contributed by atoms with Gasteiger partial charge in [0.25, 0.3) is 0 Å². The maximum atomic E-state index is 12.1. The summed E-state index contributed by atoms with van der Waals surface area (Å²) < 4.78 is 1.91. The Balaban J connectivity index is 1.50. The Morgan fingerprint density at radius 3 is 2.63 bits per heavy atom. The van der Waals surface area contributed by atoms with E-state index in [9.17, 15) is 4.79 Å². The van der Waals surface area contributed by atoms with Crippen molar-refractivity contribution in [2.24, 2.45) is 0 Å². The van der Waals surface area contributed by atoms with Crippen molar-refractivity contribution in [1.29, 1.82) is 0 Å². The highest BCUT2D eigenvalue weighted by atomic mass is 32.2. The molecule has 0 spiro atoms. The van der Waals surface area contributed by atoms with Crippen molar-refractivity contribution >= 4 is 35.0 Å². The maximum absolute atomic E-state index is 12.1. The van der Waals surface area contributed by atoms with E-state index in [-0.39, 0.29) is 5.91 Å². The second-order valence-electron chi connectivity index (χ2n) is 6.66. The first kappa shape index (κ1) is 19.7. The summed E-state index contributed by atoms with van der Waals surface area (Å²) in [6.07, 6.45) is 4.74. The molecule has 2 aromatic rings. The average Bonchev–Trinajstić information content (AvgIpc) is 3.27. The van der Waals surface area contributed by atoms with E-state index < -0.39 is 0 Å². The van der Waals surface area contributed by atoms with Gasteiger partial charge in [0.2, 0.25) is 5.91 Å². The van der Waals surface area contributed by atoms with Gasteiger partial charge < -0.3 is 5.32 Å². The van der Waals surface area contributed by atoms with Crippen molar-refractivity contribution in [1.82, 2.24) is 25.9 Å². The number of nitrogens with one attached hydrogen (secondary N) is 3. The van der Waals surface area contributed by atoms with Crippen molar-refractivity contribution in [2.45, 2.75) is 50.5 Å². The lowest BCUT2D eigenvalue weighted by Crippen LogP contribution is -2.49. The van der Waals surface area contributed by atoms with Crippen molar-refractivity contribution in [3.8, 4) is 5.69 Å². The smallest absolute Gasteiger partial charge is 0.248 e. The van der Waals surface area contributed by atoms with Crippen molar-refractivity contribution in [3.63, 3.8) is 0 Å². The third-order valence-corrected chi connectivity index (χ3v) is 6.09. The Morgan fingerprint density at radius 2 is 1.93 bits per heavy atom. The van der Waals surface area contributed by atoms with Gasteiger partial charge in [-0.15, -0.1) is 11.8 Å². The summed E-state index contributed by atoms with van der Waals surface area (Å²) in [5, 5.41) is 8.32. The molecule has 0 bridgehead atoms. The van der Waals surface area contributed by atoms with Crippen LogP contribution in [-0.2, 0) is 4.79 Å². The third-order valence-electron chi connectivity index (χ3n) is 4.58. The van der Waals surface area contributed by atoms with Gasteiger partial charge in [-0.2, -0.15) is 5.10 Å². The first-order valence-corrected chi connectivity index (χ1v) is 10.5. The fourth-order valence-corrected chi connectivity index (χ4v) is 4.36. The number of benzene rings is 1. The second-order valence-corrected chi connectivity index (χ2v) is 8.06. The van der Waals surface area contributed by atoms with Gasteiger partial charge in [-0.25, -0.2) is 4.68 Å². The number of hydrogen-bond acceptors (Lipinski definition) is 4. The molecular formula is C19H25N5OS2. The van der Waals surface area contributed by atoms with E-state index in [1.807, 2.05) is 48.9 Å². The molecule has 1 heterocycles. The molecule has 27 heavy (non-hydrogen) atoms. The summed E-state index contributed by atoms with van der Waals surface area (Å²) in [6.45, 7) is 3.98. The summed E-state index contributed by atoms with van der Waals surface area (Å²) in [5.74, 6) is 0.170. The molecule has 1 aromatic heterocycles. The summed E-state index contributed by atoms with van der Waals surface area (Å²) in [5.41, 5.74) is 8.42. The molecule has 0 atom stereocenters. The molecule has 8 heteroatoms. The molecule has 1 amide bonds. The number of nitrogens with zero attached hydrogens (tertiary/aromatic N) is 2. The lowest BCUT2D eigenvalue weighted by atomic mass is 10.3. The lowest BCUT2D eigenvalue weighted by Gasteiger charge is -2.16. The van der Waals surface area contributed by atoms with Crippen LogP contribution in [0.2, 0.25) is 0 Å². The van der Waals surface area contributed by atoms with Gasteiger partial charge in [-0.05, 0) is 51.0 Å². The zero-order chi connectivity index (χ0) is 19.2. The van der Waals surface area contributed by atoms with Gasteiger partial charge in [-0.3, -0.25) is 15.6 Å². The number of hydrogen-bond donors (Lipinski definition) is 3. The average molecular weight is 404 g/mol.